The normalized spacial score (nSPS) is 10.3. The van der Waals surface area contributed by atoms with E-state index in [2.05, 4.69) is 47.1 Å². The average Bonchev–Trinajstić information content (AvgIpc) is 2.83. The van der Waals surface area contributed by atoms with Gasteiger partial charge >= 0.3 is 0 Å². The van der Waals surface area contributed by atoms with Crippen LogP contribution in [-0.2, 0) is 12.3 Å². The second kappa shape index (κ2) is 5.92. The maximum atomic E-state index is 5.73. The maximum absolute atomic E-state index is 5.73. The molecule has 2 rings (SSSR count). The van der Waals surface area contributed by atoms with E-state index in [0.29, 0.717) is 5.88 Å². The van der Waals surface area contributed by atoms with Gasteiger partial charge in [-0.25, -0.2) is 0 Å². The highest BCUT2D eigenvalue weighted by atomic mass is 35.5. The minimum absolute atomic E-state index is 0.579. The Morgan fingerprint density at radius 1 is 1.12 bits per heavy atom. The van der Waals surface area contributed by atoms with Crippen molar-refractivity contribution in [3.8, 4) is 0 Å². The summed E-state index contributed by atoms with van der Waals surface area (Å²) in [5, 5.41) is 5.51. The van der Waals surface area contributed by atoms with Gasteiger partial charge < -0.3 is 5.32 Å². The van der Waals surface area contributed by atoms with Crippen LogP contribution in [0.3, 0.4) is 0 Å². The standard InChI is InChI=1S/C13H14ClNS/c14-10-11-3-5-12(6-4-11)15-8-7-13-2-1-9-16-13/h1-6,9,15H,7-8,10H2. The van der Waals surface area contributed by atoms with Crippen molar-refractivity contribution in [2.45, 2.75) is 12.3 Å². The molecule has 1 nitrogen and oxygen atoms in total. The van der Waals surface area contributed by atoms with Gasteiger partial charge in [0.05, 0.1) is 0 Å². The number of anilines is 1. The molecule has 16 heavy (non-hydrogen) atoms. The minimum atomic E-state index is 0.579. The Hall–Kier alpha value is -0.990. The zero-order valence-electron chi connectivity index (χ0n) is 8.95. The molecule has 1 aromatic carbocycles. The SMILES string of the molecule is ClCc1ccc(NCCc2cccs2)cc1. The molecule has 0 aliphatic heterocycles. The van der Waals surface area contributed by atoms with E-state index >= 15 is 0 Å². The molecule has 0 spiro atoms. The number of hydrogen-bond donors (Lipinski definition) is 1. The summed E-state index contributed by atoms with van der Waals surface area (Å²) in [5.74, 6) is 0.579. The van der Waals surface area contributed by atoms with E-state index in [0.717, 1.165) is 24.2 Å². The van der Waals surface area contributed by atoms with Crippen LogP contribution in [0.15, 0.2) is 41.8 Å². The first-order valence-corrected chi connectivity index (χ1v) is 6.71. The van der Waals surface area contributed by atoms with Crippen molar-refractivity contribution >= 4 is 28.6 Å². The molecule has 84 valence electrons. The quantitative estimate of drug-likeness (QED) is 0.788. The molecular formula is C13H14ClNS. The second-order valence-electron chi connectivity index (χ2n) is 3.59. The fraction of sp³-hybridized carbons (Fsp3) is 0.231. The lowest BCUT2D eigenvalue weighted by atomic mass is 10.2. The molecule has 0 atom stereocenters. The van der Waals surface area contributed by atoms with Crippen LogP contribution < -0.4 is 5.32 Å². The summed E-state index contributed by atoms with van der Waals surface area (Å²) in [6.45, 7) is 0.973. The second-order valence-corrected chi connectivity index (χ2v) is 4.89. The molecular weight excluding hydrogens is 238 g/mol. The third-order valence-electron chi connectivity index (χ3n) is 2.39. The average molecular weight is 252 g/mol. The molecule has 1 aromatic heterocycles. The topological polar surface area (TPSA) is 12.0 Å². The summed E-state index contributed by atoms with van der Waals surface area (Å²) in [6, 6.07) is 12.5. The van der Waals surface area contributed by atoms with E-state index < -0.39 is 0 Å². The van der Waals surface area contributed by atoms with E-state index in [-0.39, 0.29) is 0 Å². The Morgan fingerprint density at radius 2 is 1.94 bits per heavy atom. The number of rotatable bonds is 5. The molecule has 3 heteroatoms. The van der Waals surface area contributed by atoms with Gasteiger partial charge in [0.2, 0.25) is 0 Å². The zero-order valence-corrected chi connectivity index (χ0v) is 10.5. The Balaban J connectivity index is 1.81. The van der Waals surface area contributed by atoms with Crippen molar-refractivity contribution in [2.24, 2.45) is 0 Å². The highest BCUT2D eigenvalue weighted by Crippen LogP contribution is 2.12. The van der Waals surface area contributed by atoms with Crippen LogP contribution in [0.5, 0.6) is 0 Å². The van der Waals surface area contributed by atoms with Crippen molar-refractivity contribution in [1.29, 1.82) is 0 Å². The van der Waals surface area contributed by atoms with Gasteiger partial charge in [-0.1, -0.05) is 18.2 Å². The summed E-state index contributed by atoms with van der Waals surface area (Å²) in [4.78, 5) is 1.42. The molecule has 0 unspecified atom stereocenters. The highest BCUT2D eigenvalue weighted by molar-refractivity contribution is 7.09. The predicted octanol–water partition coefficient (Wildman–Crippen LogP) is 4.14. The van der Waals surface area contributed by atoms with Gasteiger partial charge in [0.15, 0.2) is 0 Å². The van der Waals surface area contributed by atoms with E-state index in [4.69, 9.17) is 11.6 Å². The van der Waals surface area contributed by atoms with Gasteiger partial charge in [0, 0.05) is 23.0 Å². The summed E-state index contributed by atoms with van der Waals surface area (Å²) < 4.78 is 0. The molecule has 0 bridgehead atoms. The van der Waals surface area contributed by atoms with Gasteiger partial charge in [-0.15, -0.1) is 22.9 Å². The van der Waals surface area contributed by atoms with Gasteiger partial charge in [-0.05, 0) is 35.6 Å². The molecule has 0 aliphatic rings. The van der Waals surface area contributed by atoms with Gasteiger partial charge in [0.25, 0.3) is 0 Å². The van der Waals surface area contributed by atoms with Crippen LogP contribution in [0.25, 0.3) is 0 Å². The van der Waals surface area contributed by atoms with Crippen LogP contribution in [0.2, 0.25) is 0 Å². The predicted molar refractivity (Wildman–Crippen MR) is 72.5 cm³/mol. The fourth-order valence-electron chi connectivity index (χ4n) is 1.50. The monoisotopic (exact) mass is 251 g/mol. The number of benzene rings is 1. The van der Waals surface area contributed by atoms with E-state index in [1.165, 1.54) is 4.88 Å². The summed E-state index contributed by atoms with van der Waals surface area (Å²) >= 11 is 7.54. The van der Waals surface area contributed by atoms with Crippen LogP contribution in [-0.4, -0.2) is 6.54 Å². The van der Waals surface area contributed by atoms with Crippen molar-refractivity contribution in [1.82, 2.24) is 0 Å². The van der Waals surface area contributed by atoms with Crippen molar-refractivity contribution in [2.75, 3.05) is 11.9 Å². The van der Waals surface area contributed by atoms with E-state index in [9.17, 15) is 0 Å². The molecule has 0 saturated heterocycles. The number of nitrogens with one attached hydrogen (secondary N) is 1. The number of thiophene rings is 1. The Bertz CT molecular complexity index is 408. The summed E-state index contributed by atoms with van der Waals surface area (Å²) in [7, 11) is 0. The lowest BCUT2D eigenvalue weighted by molar-refractivity contribution is 1.04. The Morgan fingerprint density at radius 3 is 2.56 bits per heavy atom. The first kappa shape index (κ1) is 11.5. The van der Waals surface area contributed by atoms with Crippen LogP contribution in [0, 0.1) is 0 Å². The van der Waals surface area contributed by atoms with Crippen molar-refractivity contribution in [3.05, 3.63) is 52.2 Å². The molecule has 2 aromatic rings. The molecule has 0 amide bonds. The van der Waals surface area contributed by atoms with E-state index in [1.807, 2.05) is 0 Å². The van der Waals surface area contributed by atoms with Crippen molar-refractivity contribution < 1.29 is 0 Å². The van der Waals surface area contributed by atoms with Crippen molar-refractivity contribution in [3.63, 3.8) is 0 Å². The van der Waals surface area contributed by atoms with Crippen LogP contribution in [0.1, 0.15) is 10.4 Å². The van der Waals surface area contributed by atoms with Gasteiger partial charge in [-0.2, -0.15) is 0 Å². The summed E-state index contributed by atoms with van der Waals surface area (Å²) in [5.41, 5.74) is 2.32. The first-order valence-electron chi connectivity index (χ1n) is 5.29. The third kappa shape index (κ3) is 3.26. The lowest BCUT2D eigenvalue weighted by Crippen LogP contribution is -2.03. The lowest BCUT2D eigenvalue weighted by Gasteiger charge is -2.05. The molecule has 0 aliphatic carbocycles. The first-order chi connectivity index (χ1) is 7.88. The fourth-order valence-corrected chi connectivity index (χ4v) is 2.38. The zero-order chi connectivity index (χ0) is 11.2. The smallest absolute Gasteiger partial charge is 0.0474 e. The molecule has 1 heterocycles. The molecule has 0 fully saturated rings. The number of alkyl halides is 1. The van der Waals surface area contributed by atoms with Gasteiger partial charge in [0.1, 0.15) is 0 Å². The molecule has 0 radical (unpaired) electrons. The summed E-state index contributed by atoms with van der Waals surface area (Å²) in [6.07, 6.45) is 1.08. The molecule has 0 saturated carbocycles. The third-order valence-corrected chi connectivity index (χ3v) is 3.63. The largest absolute Gasteiger partial charge is 0.385 e. The number of hydrogen-bond acceptors (Lipinski definition) is 2. The van der Waals surface area contributed by atoms with Crippen LogP contribution >= 0.6 is 22.9 Å². The Kier molecular flexibility index (Phi) is 4.25. The van der Waals surface area contributed by atoms with Crippen LogP contribution in [0.4, 0.5) is 5.69 Å². The van der Waals surface area contributed by atoms with E-state index in [1.54, 1.807) is 11.3 Å². The highest BCUT2D eigenvalue weighted by Gasteiger charge is 1.95. The minimum Gasteiger partial charge on any atom is -0.385 e. The molecule has 1 N–H and O–H groups in total. The van der Waals surface area contributed by atoms with Gasteiger partial charge in [-0.3, -0.25) is 0 Å². The maximum Gasteiger partial charge on any atom is 0.0474 e. The number of halogens is 1. The Labute approximate surface area is 105 Å².